The Bertz CT molecular complexity index is 619. The number of hydrogen-bond acceptors (Lipinski definition) is 3. The van der Waals surface area contributed by atoms with E-state index < -0.39 is 0 Å². The maximum absolute atomic E-state index is 11.5. The van der Waals surface area contributed by atoms with Crippen LogP contribution in [0.25, 0.3) is 5.65 Å². The molecular formula is C13H18N4O. The Balaban J connectivity index is 1.96. The van der Waals surface area contributed by atoms with Gasteiger partial charge in [-0.2, -0.15) is 5.10 Å². The number of fused-ring (bicyclic) bond motifs is 1. The molecule has 0 bridgehead atoms. The number of rotatable bonds is 1. The van der Waals surface area contributed by atoms with Crippen LogP contribution in [0, 0.1) is 12.8 Å². The summed E-state index contributed by atoms with van der Waals surface area (Å²) in [6.07, 6.45) is 4.11. The number of piperidine rings is 1. The maximum Gasteiger partial charge on any atom is 0.254 e. The standard InChI is InChI=1S/C13H18N4O/c1-8-3-4-10(14-6-8)11-5-12-15-13(18)9(2)7-17(12)16-11/h5,7-8,10,14H,3-4,6H2,1-2H3,(H,15,18)/t8-,10-/m0/s1. The number of nitrogens with zero attached hydrogens (tertiary/aromatic N) is 2. The zero-order valence-electron chi connectivity index (χ0n) is 10.7. The van der Waals surface area contributed by atoms with Crippen molar-refractivity contribution >= 4 is 5.65 Å². The van der Waals surface area contributed by atoms with Crippen LogP contribution in [0.2, 0.25) is 0 Å². The van der Waals surface area contributed by atoms with Crippen LogP contribution in [0.3, 0.4) is 0 Å². The molecule has 3 rings (SSSR count). The number of aromatic amines is 1. The summed E-state index contributed by atoms with van der Waals surface area (Å²) in [6.45, 7) is 5.09. The van der Waals surface area contributed by atoms with Crippen molar-refractivity contribution in [3.8, 4) is 0 Å². The van der Waals surface area contributed by atoms with Crippen molar-refractivity contribution in [2.24, 2.45) is 5.92 Å². The van der Waals surface area contributed by atoms with E-state index in [1.54, 1.807) is 17.6 Å². The highest BCUT2D eigenvalue weighted by molar-refractivity contribution is 5.40. The summed E-state index contributed by atoms with van der Waals surface area (Å²) in [5.74, 6) is 0.736. The van der Waals surface area contributed by atoms with E-state index in [1.165, 1.54) is 6.42 Å². The van der Waals surface area contributed by atoms with Crippen LogP contribution in [0.5, 0.6) is 0 Å². The Labute approximate surface area is 105 Å². The summed E-state index contributed by atoms with van der Waals surface area (Å²) >= 11 is 0. The molecule has 96 valence electrons. The average molecular weight is 246 g/mol. The van der Waals surface area contributed by atoms with Crippen LogP contribution in [0.15, 0.2) is 17.1 Å². The normalized spacial score (nSPS) is 24.6. The molecule has 1 aliphatic heterocycles. The van der Waals surface area contributed by atoms with Crippen molar-refractivity contribution in [3.05, 3.63) is 33.9 Å². The van der Waals surface area contributed by atoms with Crippen molar-refractivity contribution in [1.29, 1.82) is 0 Å². The van der Waals surface area contributed by atoms with Crippen molar-refractivity contribution in [3.63, 3.8) is 0 Å². The lowest BCUT2D eigenvalue weighted by Gasteiger charge is -2.26. The molecule has 5 heteroatoms. The van der Waals surface area contributed by atoms with Gasteiger partial charge in [0.2, 0.25) is 0 Å². The third kappa shape index (κ3) is 1.95. The Hall–Kier alpha value is -1.62. The highest BCUT2D eigenvalue weighted by Gasteiger charge is 2.21. The predicted octanol–water partition coefficient (Wildman–Crippen LogP) is 1.39. The largest absolute Gasteiger partial charge is 0.308 e. The SMILES string of the molecule is Cc1cn2nc([C@@H]3CC[C@H](C)CN3)cc2[nH]c1=O. The second-order valence-electron chi connectivity index (χ2n) is 5.31. The van der Waals surface area contributed by atoms with Crippen LogP contribution in [0.4, 0.5) is 0 Å². The molecule has 2 aromatic rings. The van der Waals surface area contributed by atoms with Gasteiger partial charge in [-0.15, -0.1) is 0 Å². The molecule has 0 aromatic carbocycles. The second kappa shape index (κ2) is 4.24. The Morgan fingerprint density at radius 2 is 2.28 bits per heavy atom. The topological polar surface area (TPSA) is 62.2 Å². The van der Waals surface area contributed by atoms with Crippen molar-refractivity contribution < 1.29 is 0 Å². The maximum atomic E-state index is 11.5. The summed E-state index contributed by atoms with van der Waals surface area (Å²) in [7, 11) is 0. The lowest BCUT2D eigenvalue weighted by molar-refractivity contribution is 0.328. The van der Waals surface area contributed by atoms with Gasteiger partial charge in [-0.05, 0) is 32.2 Å². The molecular weight excluding hydrogens is 228 g/mol. The van der Waals surface area contributed by atoms with E-state index in [9.17, 15) is 4.79 Å². The molecule has 3 heterocycles. The van der Waals surface area contributed by atoms with Gasteiger partial charge in [0.15, 0.2) is 0 Å². The van der Waals surface area contributed by atoms with E-state index in [2.05, 4.69) is 22.3 Å². The molecule has 0 spiro atoms. The summed E-state index contributed by atoms with van der Waals surface area (Å²) in [4.78, 5) is 14.4. The second-order valence-corrected chi connectivity index (χ2v) is 5.31. The molecule has 2 N–H and O–H groups in total. The fourth-order valence-corrected chi connectivity index (χ4v) is 2.48. The van der Waals surface area contributed by atoms with Gasteiger partial charge in [0, 0.05) is 17.8 Å². The fraction of sp³-hybridized carbons (Fsp3) is 0.538. The van der Waals surface area contributed by atoms with Crippen LogP contribution in [0.1, 0.15) is 37.1 Å². The Morgan fingerprint density at radius 1 is 1.44 bits per heavy atom. The molecule has 1 saturated heterocycles. The van der Waals surface area contributed by atoms with Gasteiger partial charge >= 0.3 is 0 Å². The highest BCUT2D eigenvalue weighted by atomic mass is 16.1. The van der Waals surface area contributed by atoms with E-state index in [0.29, 0.717) is 11.6 Å². The van der Waals surface area contributed by atoms with Gasteiger partial charge in [0.1, 0.15) is 5.65 Å². The van der Waals surface area contributed by atoms with E-state index in [0.717, 1.165) is 30.2 Å². The van der Waals surface area contributed by atoms with Gasteiger partial charge in [0.05, 0.1) is 11.7 Å². The number of H-pyrrole nitrogens is 1. The molecule has 1 fully saturated rings. The molecule has 0 unspecified atom stereocenters. The van der Waals surface area contributed by atoms with Crippen LogP contribution in [-0.4, -0.2) is 21.1 Å². The van der Waals surface area contributed by atoms with Gasteiger partial charge in [0.25, 0.3) is 5.56 Å². The van der Waals surface area contributed by atoms with Crippen molar-refractivity contribution in [2.75, 3.05) is 6.54 Å². The van der Waals surface area contributed by atoms with E-state index in [4.69, 9.17) is 0 Å². The van der Waals surface area contributed by atoms with Crippen LogP contribution >= 0.6 is 0 Å². The first-order valence-electron chi connectivity index (χ1n) is 6.46. The minimum atomic E-state index is -0.0424. The predicted molar refractivity (Wildman–Crippen MR) is 69.7 cm³/mol. The zero-order valence-corrected chi connectivity index (χ0v) is 10.7. The first-order valence-corrected chi connectivity index (χ1v) is 6.46. The molecule has 0 aliphatic carbocycles. The molecule has 1 aliphatic rings. The summed E-state index contributed by atoms with van der Waals surface area (Å²) < 4.78 is 1.76. The minimum Gasteiger partial charge on any atom is -0.308 e. The third-order valence-electron chi connectivity index (χ3n) is 3.69. The molecule has 0 saturated carbocycles. The molecule has 0 radical (unpaired) electrons. The third-order valence-corrected chi connectivity index (χ3v) is 3.69. The number of aromatic nitrogens is 3. The fourth-order valence-electron chi connectivity index (χ4n) is 2.48. The summed E-state index contributed by atoms with van der Waals surface area (Å²) in [6, 6.07) is 2.28. The van der Waals surface area contributed by atoms with E-state index >= 15 is 0 Å². The molecule has 18 heavy (non-hydrogen) atoms. The van der Waals surface area contributed by atoms with Crippen LogP contribution in [-0.2, 0) is 0 Å². The van der Waals surface area contributed by atoms with Crippen LogP contribution < -0.4 is 10.9 Å². The van der Waals surface area contributed by atoms with E-state index in [1.807, 2.05) is 6.07 Å². The number of hydrogen-bond donors (Lipinski definition) is 2. The minimum absolute atomic E-state index is 0.0424. The highest BCUT2D eigenvalue weighted by Crippen LogP contribution is 2.24. The first kappa shape index (κ1) is 11.5. The quantitative estimate of drug-likeness (QED) is 0.799. The molecule has 2 aromatic heterocycles. The summed E-state index contributed by atoms with van der Waals surface area (Å²) in [5, 5.41) is 8.05. The number of nitrogens with one attached hydrogen (secondary N) is 2. The Kier molecular flexibility index (Phi) is 2.70. The molecule has 5 nitrogen and oxygen atoms in total. The molecule has 2 atom stereocenters. The zero-order chi connectivity index (χ0) is 12.7. The Morgan fingerprint density at radius 3 is 3.00 bits per heavy atom. The average Bonchev–Trinajstić information content (AvgIpc) is 2.73. The smallest absolute Gasteiger partial charge is 0.254 e. The summed E-state index contributed by atoms with van der Waals surface area (Å²) in [5.41, 5.74) is 2.42. The first-order chi connectivity index (χ1) is 8.63. The van der Waals surface area contributed by atoms with Gasteiger partial charge in [-0.25, -0.2) is 4.52 Å². The van der Waals surface area contributed by atoms with Gasteiger partial charge < -0.3 is 10.3 Å². The van der Waals surface area contributed by atoms with Gasteiger partial charge in [-0.3, -0.25) is 4.79 Å². The van der Waals surface area contributed by atoms with Crippen molar-refractivity contribution in [1.82, 2.24) is 19.9 Å². The van der Waals surface area contributed by atoms with E-state index in [-0.39, 0.29) is 5.56 Å². The lowest BCUT2D eigenvalue weighted by Crippen LogP contribution is -2.32. The lowest BCUT2D eigenvalue weighted by atomic mass is 9.95. The van der Waals surface area contributed by atoms with Gasteiger partial charge in [-0.1, -0.05) is 6.92 Å². The molecule has 0 amide bonds. The monoisotopic (exact) mass is 246 g/mol. The van der Waals surface area contributed by atoms with Crippen molar-refractivity contribution in [2.45, 2.75) is 32.7 Å². The number of aryl methyl sites for hydroxylation is 1.